The largest absolute Gasteiger partial charge is 0.124 e. The van der Waals surface area contributed by atoms with Crippen molar-refractivity contribution in [2.45, 2.75) is 32.1 Å². The average molecular weight is 653 g/mol. The quantitative estimate of drug-likeness (QED) is 0.124. The lowest BCUT2D eigenvalue weighted by molar-refractivity contribution is 0.737. The van der Waals surface area contributed by atoms with Crippen molar-refractivity contribution in [3.05, 3.63) is 191 Å². The molecule has 0 spiro atoms. The van der Waals surface area contributed by atoms with Gasteiger partial charge >= 0.3 is 0 Å². The van der Waals surface area contributed by atoms with Gasteiger partial charge in [-0.2, -0.15) is 0 Å². The number of rotatable bonds is 6. The third-order valence-corrected chi connectivity index (χ3v) is 12.8. The molecule has 2 aliphatic rings. The topological polar surface area (TPSA) is 0 Å². The van der Waals surface area contributed by atoms with Crippen LogP contribution < -0.4 is 0 Å². The van der Waals surface area contributed by atoms with E-state index in [4.69, 9.17) is 0 Å². The van der Waals surface area contributed by atoms with E-state index in [0.717, 1.165) is 19.3 Å². The summed E-state index contributed by atoms with van der Waals surface area (Å²) in [5, 5.41) is 13.7. The second-order valence-electron chi connectivity index (χ2n) is 13.9. The predicted octanol–water partition coefficient (Wildman–Crippen LogP) is 12.9. The van der Waals surface area contributed by atoms with Crippen molar-refractivity contribution in [2.24, 2.45) is 0 Å². The van der Waals surface area contributed by atoms with Gasteiger partial charge in [-0.25, -0.2) is 0 Å². The summed E-state index contributed by atoms with van der Waals surface area (Å²) in [5.41, 5.74) is 11.6. The van der Waals surface area contributed by atoms with Crippen molar-refractivity contribution in [3.8, 4) is 0 Å². The van der Waals surface area contributed by atoms with Crippen LogP contribution in [0.15, 0.2) is 158 Å². The molecule has 0 aliphatic heterocycles. The Labute approximate surface area is 296 Å². The molecule has 1 unspecified atom stereocenters. The van der Waals surface area contributed by atoms with Gasteiger partial charge in [0, 0.05) is 5.92 Å². The molecule has 0 amide bonds. The molecule has 0 N–H and O–H groups in total. The van der Waals surface area contributed by atoms with Gasteiger partial charge in [-0.3, -0.25) is 0 Å². The molecule has 1 atom stereocenters. The maximum absolute atomic E-state index is 2.41. The summed E-state index contributed by atoms with van der Waals surface area (Å²) in [6.07, 6.45) is 3.24. The summed E-state index contributed by atoms with van der Waals surface area (Å²) < 4.78 is 0. The van der Waals surface area contributed by atoms with E-state index < -0.39 is 0 Å². The van der Waals surface area contributed by atoms with Crippen LogP contribution in [0.5, 0.6) is 0 Å². The van der Waals surface area contributed by atoms with E-state index in [1.54, 1.807) is 0 Å². The molecule has 1 heteroatoms. The fourth-order valence-corrected chi connectivity index (χ4v) is 10.8. The Hall–Kier alpha value is -5.50. The predicted molar refractivity (Wildman–Crippen MR) is 217 cm³/mol. The van der Waals surface area contributed by atoms with Gasteiger partial charge in [-0.05, 0) is 111 Å². The van der Waals surface area contributed by atoms with Crippen LogP contribution in [-0.2, 0) is 6.42 Å². The summed E-state index contributed by atoms with van der Waals surface area (Å²) in [6, 6.07) is 59.4. The van der Waals surface area contributed by atoms with Crippen molar-refractivity contribution in [1.82, 2.24) is 0 Å². The minimum atomic E-state index is 0.366. The number of benzene rings is 8. The number of hydrogen-bond donors (Lipinski definition) is 0. The van der Waals surface area contributed by atoms with Crippen LogP contribution in [0.2, 0.25) is 0 Å². The number of allylic oxidation sites excluding steroid dienone is 2. The standard InChI is InChI=1S/C49H36Si/c1-2-13-40-39-22-9-10-23-42(39)49(47(40)43-25-12-18-34-29-27-32-15-4-7-20-37(32)46(34)43)50-48-38-21-8-5-16-35(38)30-44(48)41-24-11-17-33-28-26-31-14-3-6-19-36(31)45(33)41/h3-12,14-29,40H,2,13,30H2,1H3. The molecule has 10 rings (SSSR count). The van der Waals surface area contributed by atoms with Gasteiger partial charge in [-0.15, -0.1) is 0 Å². The molecule has 0 saturated heterocycles. The zero-order chi connectivity index (χ0) is 33.2. The van der Waals surface area contributed by atoms with Crippen molar-refractivity contribution in [2.75, 3.05) is 0 Å². The minimum absolute atomic E-state index is 0.366. The Bertz CT molecular complexity index is 2720. The summed E-state index contributed by atoms with van der Waals surface area (Å²) in [7, 11) is 0.531. The SMILES string of the molecule is CCCC1C(c2cccc3ccc4ccccc4c23)=C([Si]C2=C(c3cccc4ccc5ccccc5c34)Cc3ccccc32)c2ccccc21. The molecule has 0 nitrogen and oxygen atoms in total. The zero-order valence-electron chi connectivity index (χ0n) is 28.2. The van der Waals surface area contributed by atoms with Crippen LogP contribution in [0, 0.1) is 0 Å². The van der Waals surface area contributed by atoms with E-state index in [9.17, 15) is 0 Å². The summed E-state index contributed by atoms with van der Waals surface area (Å²) >= 11 is 0. The van der Waals surface area contributed by atoms with Crippen molar-refractivity contribution >= 4 is 74.1 Å². The highest BCUT2D eigenvalue weighted by molar-refractivity contribution is 6.82. The highest BCUT2D eigenvalue weighted by Crippen LogP contribution is 2.53. The maximum atomic E-state index is 2.41. The van der Waals surface area contributed by atoms with Crippen molar-refractivity contribution in [3.63, 3.8) is 0 Å². The van der Waals surface area contributed by atoms with Gasteiger partial charge in [0.2, 0.25) is 0 Å². The third kappa shape index (κ3) is 4.50. The molecule has 8 aromatic rings. The Kier molecular flexibility index (Phi) is 6.96. The molecular formula is C49H36Si. The molecule has 0 bridgehead atoms. The maximum Gasteiger partial charge on any atom is 0.124 e. The smallest absolute Gasteiger partial charge is 0.0653 e. The fraction of sp³-hybridized carbons (Fsp3) is 0.102. The first-order valence-electron chi connectivity index (χ1n) is 18.0. The number of fused-ring (bicyclic) bond motifs is 8. The molecule has 0 saturated carbocycles. The first-order valence-corrected chi connectivity index (χ1v) is 19.0. The second-order valence-corrected chi connectivity index (χ2v) is 15.2. The van der Waals surface area contributed by atoms with E-state index in [0.29, 0.717) is 15.4 Å². The van der Waals surface area contributed by atoms with E-state index in [1.165, 1.54) is 98.0 Å². The zero-order valence-corrected chi connectivity index (χ0v) is 29.2. The highest BCUT2D eigenvalue weighted by atomic mass is 28.2. The van der Waals surface area contributed by atoms with E-state index >= 15 is 0 Å². The monoisotopic (exact) mass is 652 g/mol. The van der Waals surface area contributed by atoms with Gasteiger partial charge in [0.05, 0.1) is 0 Å². The molecule has 2 radical (unpaired) electrons. The molecule has 0 fully saturated rings. The van der Waals surface area contributed by atoms with Crippen LogP contribution in [-0.4, -0.2) is 9.52 Å². The fourth-order valence-electron chi connectivity index (χ4n) is 9.00. The molecule has 8 aromatic carbocycles. The summed E-state index contributed by atoms with van der Waals surface area (Å²) in [4.78, 5) is 0. The first kappa shape index (κ1) is 29.4. The van der Waals surface area contributed by atoms with Crippen molar-refractivity contribution < 1.29 is 0 Å². The van der Waals surface area contributed by atoms with E-state index in [1.807, 2.05) is 0 Å². The van der Waals surface area contributed by atoms with Crippen LogP contribution >= 0.6 is 0 Å². The second kappa shape index (κ2) is 11.8. The summed E-state index contributed by atoms with van der Waals surface area (Å²) in [5.74, 6) is 0.366. The normalized spacial score (nSPS) is 15.5. The number of hydrogen-bond acceptors (Lipinski definition) is 0. The highest BCUT2D eigenvalue weighted by Gasteiger charge is 2.35. The van der Waals surface area contributed by atoms with Crippen LogP contribution in [0.3, 0.4) is 0 Å². The average Bonchev–Trinajstić information content (AvgIpc) is 3.69. The van der Waals surface area contributed by atoms with E-state index in [2.05, 4.69) is 165 Å². The van der Waals surface area contributed by atoms with Crippen molar-refractivity contribution in [1.29, 1.82) is 0 Å². The lowest BCUT2D eigenvalue weighted by atomic mass is 9.85. The van der Waals surface area contributed by atoms with Gasteiger partial charge < -0.3 is 0 Å². The van der Waals surface area contributed by atoms with E-state index in [-0.39, 0.29) is 0 Å². The van der Waals surface area contributed by atoms with Crippen LogP contribution in [0.25, 0.3) is 64.6 Å². The van der Waals surface area contributed by atoms with Gasteiger partial charge in [0.1, 0.15) is 9.52 Å². The Morgan fingerprint density at radius 2 is 1.02 bits per heavy atom. The molecule has 2 aliphatic carbocycles. The lowest BCUT2D eigenvalue weighted by Crippen LogP contribution is -2.04. The van der Waals surface area contributed by atoms with Gasteiger partial charge in [0.15, 0.2) is 0 Å². The third-order valence-electron chi connectivity index (χ3n) is 11.2. The summed E-state index contributed by atoms with van der Waals surface area (Å²) in [6.45, 7) is 2.34. The van der Waals surface area contributed by atoms with Gasteiger partial charge in [0.25, 0.3) is 0 Å². The Balaban J connectivity index is 1.28. The Morgan fingerprint density at radius 3 is 1.74 bits per heavy atom. The molecule has 50 heavy (non-hydrogen) atoms. The van der Waals surface area contributed by atoms with Crippen LogP contribution in [0.1, 0.15) is 59.1 Å². The lowest BCUT2D eigenvalue weighted by Gasteiger charge is -2.20. The molecule has 0 aromatic heterocycles. The molecule has 236 valence electrons. The molecular weight excluding hydrogens is 617 g/mol. The minimum Gasteiger partial charge on any atom is -0.0653 e. The van der Waals surface area contributed by atoms with Gasteiger partial charge in [-0.1, -0.05) is 171 Å². The first-order chi connectivity index (χ1) is 24.8. The Morgan fingerprint density at radius 1 is 0.480 bits per heavy atom. The molecule has 0 heterocycles. The van der Waals surface area contributed by atoms with Crippen LogP contribution in [0.4, 0.5) is 0 Å².